The van der Waals surface area contributed by atoms with Crippen molar-refractivity contribution in [1.82, 2.24) is 0 Å². The number of benzene rings is 2. The van der Waals surface area contributed by atoms with Gasteiger partial charge in [-0.15, -0.1) is 0 Å². The summed E-state index contributed by atoms with van der Waals surface area (Å²) in [5, 5.41) is 2.73. The van der Waals surface area contributed by atoms with Crippen LogP contribution in [-0.2, 0) is 19.1 Å². The first-order valence-corrected chi connectivity index (χ1v) is 11.3. The highest BCUT2D eigenvalue weighted by atomic mass is 16.5. The van der Waals surface area contributed by atoms with E-state index in [0.29, 0.717) is 30.1 Å². The number of aryl methyl sites for hydroxylation is 2. The molecule has 1 N–H and O–H groups in total. The molecule has 1 saturated carbocycles. The quantitative estimate of drug-likeness (QED) is 0.551. The third-order valence-corrected chi connectivity index (χ3v) is 6.52. The van der Waals surface area contributed by atoms with E-state index in [-0.39, 0.29) is 29.2 Å². The molecule has 7 heteroatoms. The van der Waals surface area contributed by atoms with Crippen molar-refractivity contribution in [2.75, 3.05) is 16.8 Å². The fraction of sp³-hybridized carbons (Fsp3) is 0.385. The molecule has 2 aromatic rings. The highest BCUT2D eigenvalue weighted by Gasteiger charge is 2.50. The zero-order valence-corrected chi connectivity index (χ0v) is 19.1. The Balaban J connectivity index is 1.41. The van der Waals surface area contributed by atoms with Gasteiger partial charge in [-0.25, -0.2) is 4.79 Å². The van der Waals surface area contributed by atoms with Gasteiger partial charge in [0, 0.05) is 5.69 Å². The average molecular weight is 449 g/mol. The summed E-state index contributed by atoms with van der Waals surface area (Å²) in [6, 6.07) is 11.9. The van der Waals surface area contributed by atoms with Gasteiger partial charge < -0.3 is 10.1 Å². The fourth-order valence-electron chi connectivity index (χ4n) is 4.77. The monoisotopic (exact) mass is 448 g/mol. The maximum absolute atomic E-state index is 13.0. The number of carbonyl (C=O) groups excluding carboxylic acids is 4. The minimum absolute atomic E-state index is 0.177. The van der Waals surface area contributed by atoms with Crippen LogP contribution in [0.3, 0.4) is 0 Å². The van der Waals surface area contributed by atoms with Crippen LogP contribution in [0, 0.1) is 31.6 Å². The second-order valence-electron chi connectivity index (χ2n) is 9.14. The highest BCUT2D eigenvalue weighted by Crippen LogP contribution is 2.42. The predicted octanol–water partition coefficient (Wildman–Crippen LogP) is 4.02. The molecule has 0 aromatic heterocycles. The van der Waals surface area contributed by atoms with Crippen LogP contribution in [0.15, 0.2) is 42.5 Å². The molecule has 172 valence electrons. The van der Waals surface area contributed by atoms with E-state index in [1.165, 1.54) is 17.0 Å². The van der Waals surface area contributed by atoms with Crippen LogP contribution in [0.5, 0.6) is 0 Å². The number of esters is 1. The molecule has 7 nitrogen and oxygen atoms in total. The number of amides is 3. The normalized spacial score (nSPS) is 22.2. The molecule has 33 heavy (non-hydrogen) atoms. The third kappa shape index (κ3) is 4.67. The number of carbonyl (C=O) groups is 4. The molecule has 0 bridgehead atoms. The smallest absolute Gasteiger partial charge is 0.338 e. The Morgan fingerprint density at radius 3 is 2.55 bits per heavy atom. The minimum Gasteiger partial charge on any atom is -0.452 e. The Morgan fingerprint density at radius 1 is 1.03 bits per heavy atom. The summed E-state index contributed by atoms with van der Waals surface area (Å²) in [6.45, 7) is 5.51. The van der Waals surface area contributed by atoms with E-state index in [4.69, 9.17) is 4.74 Å². The molecule has 2 aromatic carbocycles. The second-order valence-corrected chi connectivity index (χ2v) is 9.14. The molecule has 4 rings (SSSR count). The minimum atomic E-state index is -0.697. The summed E-state index contributed by atoms with van der Waals surface area (Å²) < 4.78 is 5.17. The Hall–Kier alpha value is -3.48. The molecule has 2 aliphatic rings. The van der Waals surface area contributed by atoms with Gasteiger partial charge in [-0.1, -0.05) is 30.7 Å². The number of anilines is 2. The lowest BCUT2D eigenvalue weighted by molar-refractivity contribution is -0.122. The molecule has 3 amide bonds. The lowest BCUT2D eigenvalue weighted by Gasteiger charge is -2.25. The molecule has 0 unspecified atom stereocenters. The molecular formula is C26H28N2O5. The largest absolute Gasteiger partial charge is 0.452 e. The van der Waals surface area contributed by atoms with Crippen molar-refractivity contribution in [1.29, 1.82) is 0 Å². The number of fused-ring (bicyclic) bond motifs is 1. The van der Waals surface area contributed by atoms with Crippen LogP contribution in [0.25, 0.3) is 0 Å². The Labute approximate surface area is 193 Å². The van der Waals surface area contributed by atoms with Crippen LogP contribution < -0.4 is 10.2 Å². The van der Waals surface area contributed by atoms with E-state index in [1.807, 2.05) is 26.0 Å². The van der Waals surface area contributed by atoms with Crippen molar-refractivity contribution in [2.24, 2.45) is 17.8 Å². The van der Waals surface area contributed by atoms with E-state index in [9.17, 15) is 19.2 Å². The molecule has 1 saturated heterocycles. The van der Waals surface area contributed by atoms with Gasteiger partial charge >= 0.3 is 5.97 Å². The first kappa shape index (κ1) is 22.7. The summed E-state index contributed by atoms with van der Waals surface area (Å²) >= 11 is 0. The summed E-state index contributed by atoms with van der Waals surface area (Å²) in [6.07, 6.45) is 2.36. The molecule has 1 heterocycles. The molecule has 0 radical (unpaired) electrons. The van der Waals surface area contributed by atoms with Gasteiger partial charge in [-0.2, -0.15) is 0 Å². The van der Waals surface area contributed by atoms with Gasteiger partial charge in [0.05, 0.1) is 23.1 Å². The lowest BCUT2D eigenvalue weighted by Crippen LogP contribution is -2.31. The van der Waals surface area contributed by atoms with Gasteiger partial charge in [0.15, 0.2) is 6.61 Å². The topological polar surface area (TPSA) is 92.8 Å². The van der Waals surface area contributed by atoms with E-state index in [0.717, 1.165) is 17.5 Å². The zero-order chi connectivity index (χ0) is 23.7. The number of rotatable bonds is 5. The van der Waals surface area contributed by atoms with E-state index in [2.05, 4.69) is 12.2 Å². The molecule has 1 aliphatic heterocycles. The van der Waals surface area contributed by atoms with Crippen molar-refractivity contribution < 1.29 is 23.9 Å². The number of nitrogens with one attached hydrogen (secondary N) is 1. The van der Waals surface area contributed by atoms with Crippen LogP contribution >= 0.6 is 0 Å². The average Bonchev–Trinajstić information content (AvgIpc) is 3.03. The molecule has 3 atom stereocenters. The van der Waals surface area contributed by atoms with Gasteiger partial charge in [0.1, 0.15) is 0 Å². The van der Waals surface area contributed by atoms with Crippen molar-refractivity contribution >= 4 is 35.1 Å². The number of hydrogen-bond donors (Lipinski definition) is 1. The number of imide groups is 1. The van der Waals surface area contributed by atoms with Crippen molar-refractivity contribution in [2.45, 2.75) is 40.0 Å². The van der Waals surface area contributed by atoms with Crippen LogP contribution in [-0.4, -0.2) is 30.3 Å². The van der Waals surface area contributed by atoms with Gasteiger partial charge in [0.2, 0.25) is 11.8 Å². The van der Waals surface area contributed by atoms with Crippen LogP contribution in [0.4, 0.5) is 11.4 Å². The van der Waals surface area contributed by atoms with Crippen LogP contribution in [0.1, 0.15) is 47.7 Å². The maximum atomic E-state index is 13.0. The zero-order valence-electron chi connectivity index (χ0n) is 19.1. The van der Waals surface area contributed by atoms with E-state index < -0.39 is 18.5 Å². The second kappa shape index (κ2) is 9.17. The van der Waals surface area contributed by atoms with Crippen molar-refractivity contribution in [3.05, 3.63) is 59.2 Å². The number of ether oxygens (including phenoxy) is 1. The lowest BCUT2D eigenvalue weighted by atomic mass is 9.76. The standard InChI is InChI=1S/C26H28N2O5/c1-15-8-10-22(17(3)11-15)27-23(29)14-33-26(32)18-5-4-6-19(13-18)28-24(30)20-9-7-16(2)12-21(20)25(28)31/h4-6,8,10-11,13,16,20-21H,7,9,12,14H2,1-3H3,(H,27,29)/t16-,20+,21-/m0/s1. The van der Waals surface area contributed by atoms with E-state index >= 15 is 0 Å². The maximum Gasteiger partial charge on any atom is 0.338 e. The summed E-state index contributed by atoms with van der Waals surface area (Å²) in [7, 11) is 0. The Morgan fingerprint density at radius 2 is 1.79 bits per heavy atom. The van der Waals surface area contributed by atoms with Crippen LogP contribution in [0.2, 0.25) is 0 Å². The third-order valence-electron chi connectivity index (χ3n) is 6.52. The number of hydrogen-bond acceptors (Lipinski definition) is 5. The summed E-state index contributed by atoms with van der Waals surface area (Å²) in [4.78, 5) is 51.8. The highest BCUT2D eigenvalue weighted by molar-refractivity contribution is 6.22. The predicted molar refractivity (Wildman–Crippen MR) is 124 cm³/mol. The first-order chi connectivity index (χ1) is 15.7. The van der Waals surface area contributed by atoms with Gasteiger partial charge in [0.25, 0.3) is 5.91 Å². The molecule has 0 spiro atoms. The molecular weight excluding hydrogens is 420 g/mol. The molecule has 2 fully saturated rings. The molecule has 1 aliphatic carbocycles. The Kier molecular flexibility index (Phi) is 6.31. The van der Waals surface area contributed by atoms with Crippen molar-refractivity contribution in [3.8, 4) is 0 Å². The van der Waals surface area contributed by atoms with E-state index in [1.54, 1.807) is 18.2 Å². The summed E-state index contributed by atoms with van der Waals surface area (Å²) in [5.74, 6) is -1.69. The summed E-state index contributed by atoms with van der Waals surface area (Å²) in [5.41, 5.74) is 3.19. The van der Waals surface area contributed by atoms with Gasteiger partial charge in [-0.05, 0) is 68.9 Å². The Bertz CT molecular complexity index is 1130. The van der Waals surface area contributed by atoms with Gasteiger partial charge in [-0.3, -0.25) is 19.3 Å². The fourth-order valence-corrected chi connectivity index (χ4v) is 4.77. The SMILES string of the molecule is Cc1ccc(NC(=O)COC(=O)c2cccc(N3C(=O)[C@H]4C[C@@H](C)CC[C@H]4C3=O)c2)c(C)c1. The van der Waals surface area contributed by atoms with Crippen molar-refractivity contribution in [3.63, 3.8) is 0 Å². The number of nitrogens with zero attached hydrogens (tertiary/aromatic N) is 1. The first-order valence-electron chi connectivity index (χ1n) is 11.3.